The number of hydrogen-bond donors (Lipinski definition) is 1. The van der Waals surface area contributed by atoms with Gasteiger partial charge in [-0.3, -0.25) is 4.79 Å². The largest absolute Gasteiger partial charge is 0.493 e. The van der Waals surface area contributed by atoms with Gasteiger partial charge in [-0.05, 0) is 37.5 Å². The minimum absolute atomic E-state index is 0. The van der Waals surface area contributed by atoms with E-state index >= 15 is 0 Å². The highest BCUT2D eigenvalue weighted by molar-refractivity contribution is 7.90. The zero-order valence-corrected chi connectivity index (χ0v) is 17.1. The number of sulfone groups is 1. The number of likely N-dealkylation sites (N-methyl/N-ethyl adjacent to an activating group) is 1. The second kappa shape index (κ2) is 9.58. The van der Waals surface area contributed by atoms with E-state index in [0.717, 1.165) is 32.1 Å². The minimum Gasteiger partial charge on any atom is -0.493 e. The summed E-state index contributed by atoms with van der Waals surface area (Å²) < 4.78 is 28.7. The van der Waals surface area contributed by atoms with Gasteiger partial charge in [0.15, 0.2) is 9.84 Å². The second-order valence-electron chi connectivity index (χ2n) is 6.89. The summed E-state index contributed by atoms with van der Waals surface area (Å²) in [5, 5.41) is 0. The summed E-state index contributed by atoms with van der Waals surface area (Å²) in [6.45, 7) is 0.964. The highest BCUT2D eigenvalue weighted by Crippen LogP contribution is 2.27. The van der Waals surface area contributed by atoms with E-state index in [9.17, 15) is 13.2 Å². The Balaban J connectivity index is 0.00000338. The fourth-order valence-corrected chi connectivity index (χ4v) is 3.82. The molecular weight excluding hydrogens is 376 g/mol. The maximum atomic E-state index is 12.5. The summed E-state index contributed by atoms with van der Waals surface area (Å²) in [6, 6.07) is 6.43. The molecule has 1 aromatic carbocycles. The number of hydrogen-bond acceptors (Lipinski definition) is 5. The second-order valence-corrected chi connectivity index (χ2v) is 8.91. The maximum absolute atomic E-state index is 12.5. The summed E-state index contributed by atoms with van der Waals surface area (Å²) in [4.78, 5) is 14.5. The van der Waals surface area contributed by atoms with Crippen molar-refractivity contribution in [1.29, 1.82) is 0 Å². The molecule has 0 heterocycles. The van der Waals surface area contributed by atoms with Crippen LogP contribution in [-0.2, 0) is 14.6 Å². The smallest absolute Gasteiger partial charge is 0.242 e. The Bertz CT molecular complexity index is 703. The summed E-state index contributed by atoms with van der Waals surface area (Å²) in [5.41, 5.74) is 5.57. The van der Waals surface area contributed by atoms with Crippen LogP contribution in [0.3, 0.4) is 0 Å². The van der Waals surface area contributed by atoms with E-state index in [1.165, 1.54) is 12.3 Å². The predicted octanol–water partition coefficient (Wildman–Crippen LogP) is 2.40. The molecule has 0 atom stereocenters. The van der Waals surface area contributed by atoms with Crippen molar-refractivity contribution in [3.05, 3.63) is 24.3 Å². The zero-order chi connectivity index (χ0) is 18.5. The van der Waals surface area contributed by atoms with Crippen molar-refractivity contribution >= 4 is 28.2 Å². The van der Waals surface area contributed by atoms with E-state index in [-0.39, 0.29) is 23.2 Å². The molecule has 0 saturated heterocycles. The molecule has 0 radical (unpaired) electrons. The quantitative estimate of drug-likeness (QED) is 0.705. The molecule has 2 N–H and O–H groups in total. The van der Waals surface area contributed by atoms with Crippen LogP contribution in [0.5, 0.6) is 5.75 Å². The van der Waals surface area contributed by atoms with E-state index in [1.807, 2.05) is 0 Å². The van der Waals surface area contributed by atoms with Crippen molar-refractivity contribution in [2.45, 2.75) is 49.0 Å². The standard InChI is InChI=1S/C18H28N2O4S.ClH/c1-20(17(21)18(19)10-4-3-5-11-18)12-7-13-24-15-8-6-9-16(14-15)25(2,22)23;/h6,8-9,14H,3-5,7,10-13,19H2,1-2H3;1H. The first kappa shape index (κ1) is 22.7. The molecule has 1 aromatic rings. The first-order chi connectivity index (χ1) is 11.7. The zero-order valence-electron chi connectivity index (χ0n) is 15.4. The molecular formula is C18H29ClN2O4S. The number of rotatable bonds is 7. The van der Waals surface area contributed by atoms with Crippen LogP contribution in [0.15, 0.2) is 29.2 Å². The van der Waals surface area contributed by atoms with Crippen LogP contribution >= 0.6 is 12.4 Å². The fourth-order valence-electron chi connectivity index (χ4n) is 3.16. The molecule has 0 spiro atoms. The third-order valence-corrected chi connectivity index (χ3v) is 5.77. The van der Waals surface area contributed by atoms with Crippen LogP contribution in [0.2, 0.25) is 0 Å². The number of carbonyl (C=O) groups is 1. The summed E-state index contributed by atoms with van der Waals surface area (Å²) in [5.74, 6) is 0.519. The van der Waals surface area contributed by atoms with E-state index in [2.05, 4.69) is 0 Å². The molecule has 8 heteroatoms. The number of ether oxygens (including phenoxy) is 1. The van der Waals surface area contributed by atoms with Crippen molar-refractivity contribution in [2.75, 3.05) is 26.5 Å². The molecule has 0 bridgehead atoms. The SMILES string of the molecule is CN(CCCOc1cccc(S(C)(=O)=O)c1)C(=O)C1(N)CCCCC1.Cl. The van der Waals surface area contributed by atoms with Gasteiger partial charge in [-0.25, -0.2) is 8.42 Å². The van der Waals surface area contributed by atoms with E-state index in [0.29, 0.717) is 25.3 Å². The summed E-state index contributed by atoms with van der Waals surface area (Å²) in [7, 11) is -1.47. The van der Waals surface area contributed by atoms with Crippen LogP contribution in [-0.4, -0.2) is 51.2 Å². The lowest BCUT2D eigenvalue weighted by Gasteiger charge is -2.35. The Hall–Kier alpha value is -1.31. The first-order valence-electron chi connectivity index (χ1n) is 8.70. The molecule has 1 aliphatic carbocycles. The third-order valence-electron chi connectivity index (χ3n) is 4.66. The Labute approximate surface area is 162 Å². The average Bonchev–Trinajstić information content (AvgIpc) is 2.58. The molecule has 1 amide bonds. The van der Waals surface area contributed by atoms with Crippen molar-refractivity contribution in [3.8, 4) is 5.75 Å². The van der Waals surface area contributed by atoms with Crippen molar-refractivity contribution < 1.29 is 17.9 Å². The first-order valence-corrected chi connectivity index (χ1v) is 10.6. The predicted molar refractivity (Wildman–Crippen MR) is 105 cm³/mol. The van der Waals surface area contributed by atoms with Crippen LogP contribution in [0.25, 0.3) is 0 Å². The van der Waals surface area contributed by atoms with Gasteiger partial charge in [0.2, 0.25) is 5.91 Å². The lowest BCUT2D eigenvalue weighted by atomic mass is 9.81. The molecule has 26 heavy (non-hydrogen) atoms. The molecule has 0 aromatic heterocycles. The molecule has 0 aliphatic heterocycles. The number of nitrogens with zero attached hydrogens (tertiary/aromatic N) is 1. The Morgan fingerprint density at radius 2 is 1.92 bits per heavy atom. The Kier molecular flexibility index (Phi) is 8.37. The molecule has 0 unspecified atom stereocenters. The highest BCUT2D eigenvalue weighted by Gasteiger charge is 2.36. The monoisotopic (exact) mass is 404 g/mol. The topological polar surface area (TPSA) is 89.7 Å². The molecule has 6 nitrogen and oxygen atoms in total. The molecule has 148 valence electrons. The fraction of sp³-hybridized carbons (Fsp3) is 0.611. The van der Waals surface area contributed by atoms with Gasteiger partial charge in [0, 0.05) is 19.8 Å². The molecule has 1 aliphatic rings. The normalized spacial score (nSPS) is 16.4. The number of amides is 1. The van der Waals surface area contributed by atoms with Crippen LogP contribution < -0.4 is 10.5 Å². The summed E-state index contributed by atoms with van der Waals surface area (Å²) in [6.07, 6.45) is 6.50. The Morgan fingerprint density at radius 1 is 1.27 bits per heavy atom. The van der Waals surface area contributed by atoms with Gasteiger partial charge in [-0.15, -0.1) is 12.4 Å². The Morgan fingerprint density at radius 3 is 2.54 bits per heavy atom. The molecule has 1 fully saturated rings. The van der Waals surface area contributed by atoms with Crippen molar-refractivity contribution in [3.63, 3.8) is 0 Å². The van der Waals surface area contributed by atoms with Gasteiger partial charge in [-0.2, -0.15) is 0 Å². The van der Waals surface area contributed by atoms with Gasteiger partial charge in [0.25, 0.3) is 0 Å². The third kappa shape index (κ3) is 6.14. The van der Waals surface area contributed by atoms with E-state index in [1.54, 1.807) is 30.1 Å². The number of nitrogens with two attached hydrogens (primary N) is 1. The van der Waals surface area contributed by atoms with Gasteiger partial charge in [0.05, 0.1) is 17.0 Å². The van der Waals surface area contributed by atoms with E-state index in [4.69, 9.17) is 10.5 Å². The molecule has 2 rings (SSSR count). The number of benzene rings is 1. The lowest BCUT2D eigenvalue weighted by molar-refractivity contribution is -0.137. The number of carbonyl (C=O) groups excluding carboxylic acids is 1. The van der Waals surface area contributed by atoms with Gasteiger partial charge >= 0.3 is 0 Å². The van der Waals surface area contributed by atoms with Gasteiger partial charge < -0.3 is 15.4 Å². The van der Waals surface area contributed by atoms with E-state index < -0.39 is 15.4 Å². The summed E-state index contributed by atoms with van der Waals surface area (Å²) >= 11 is 0. The average molecular weight is 405 g/mol. The van der Waals surface area contributed by atoms with Gasteiger partial charge in [-0.1, -0.05) is 25.3 Å². The van der Waals surface area contributed by atoms with Crippen molar-refractivity contribution in [2.24, 2.45) is 5.73 Å². The minimum atomic E-state index is -3.25. The van der Waals surface area contributed by atoms with Crippen molar-refractivity contribution in [1.82, 2.24) is 4.90 Å². The maximum Gasteiger partial charge on any atom is 0.242 e. The lowest BCUT2D eigenvalue weighted by Crippen LogP contribution is -2.55. The van der Waals surface area contributed by atoms with Crippen LogP contribution in [0.1, 0.15) is 38.5 Å². The number of halogens is 1. The van der Waals surface area contributed by atoms with Crippen LogP contribution in [0, 0.1) is 0 Å². The highest BCUT2D eigenvalue weighted by atomic mass is 35.5. The van der Waals surface area contributed by atoms with Gasteiger partial charge in [0.1, 0.15) is 5.75 Å². The molecule has 1 saturated carbocycles. The van der Waals surface area contributed by atoms with Crippen LogP contribution in [0.4, 0.5) is 0 Å².